The summed E-state index contributed by atoms with van der Waals surface area (Å²) in [5, 5.41) is 11.4. The molecule has 126 valence electrons. The zero-order valence-corrected chi connectivity index (χ0v) is 14.3. The van der Waals surface area contributed by atoms with E-state index in [1.165, 1.54) is 19.3 Å². The Morgan fingerprint density at radius 2 is 2.04 bits per heavy atom. The molecule has 1 aromatic rings. The summed E-state index contributed by atoms with van der Waals surface area (Å²) >= 11 is 0. The lowest BCUT2D eigenvalue weighted by atomic mass is 9.68. The molecule has 1 aliphatic carbocycles. The van der Waals surface area contributed by atoms with Crippen LogP contribution in [-0.4, -0.2) is 40.1 Å². The molecule has 2 aliphatic rings. The van der Waals surface area contributed by atoms with Gasteiger partial charge >= 0.3 is 0 Å². The molecule has 1 saturated carbocycles. The van der Waals surface area contributed by atoms with E-state index >= 15 is 0 Å². The summed E-state index contributed by atoms with van der Waals surface area (Å²) in [6, 6.07) is 4.21. The minimum Gasteiger partial charge on any atom is -0.366 e. The standard InChI is InChI=1S/C18H28N4O/c1-18(2)10-4-3-6-15(18)17(23)22-12-8-14(9-13-22)20-16-7-5-11-19-21-16/h5,7,11,14-15H,3-4,6,8-10,12-13H2,1-2H3,(H,20,21). The van der Waals surface area contributed by atoms with E-state index in [-0.39, 0.29) is 11.3 Å². The van der Waals surface area contributed by atoms with E-state index in [1.54, 1.807) is 6.20 Å². The molecule has 1 amide bonds. The maximum atomic E-state index is 12.9. The van der Waals surface area contributed by atoms with Gasteiger partial charge in [-0.3, -0.25) is 4.79 Å². The Morgan fingerprint density at radius 3 is 2.70 bits per heavy atom. The fraction of sp³-hybridized carbons (Fsp3) is 0.722. The number of piperidine rings is 1. The largest absolute Gasteiger partial charge is 0.366 e. The minimum atomic E-state index is 0.157. The lowest BCUT2D eigenvalue weighted by Gasteiger charge is -2.42. The third-order valence-corrected chi connectivity index (χ3v) is 5.54. The Hall–Kier alpha value is -1.65. The monoisotopic (exact) mass is 316 g/mol. The van der Waals surface area contributed by atoms with Gasteiger partial charge in [0.2, 0.25) is 5.91 Å². The number of carbonyl (C=O) groups excluding carboxylic acids is 1. The van der Waals surface area contributed by atoms with Crippen LogP contribution in [0, 0.1) is 11.3 Å². The summed E-state index contributed by atoms with van der Waals surface area (Å²) in [4.78, 5) is 15.0. The molecule has 5 heteroatoms. The van der Waals surface area contributed by atoms with Crippen LogP contribution < -0.4 is 5.32 Å². The zero-order chi connectivity index (χ0) is 16.3. The molecule has 0 radical (unpaired) electrons. The maximum absolute atomic E-state index is 12.9. The van der Waals surface area contributed by atoms with Crippen LogP contribution in [0.3, 0.4) is 0 Å². The lowest BCUT2D eigenvalue weighted by molar-refractivity contribution is -0.142. The van der Waals surface area contributed by atoms with Gasteiger partial charge in [0.25, 0.3) is 0 Å². The van der Waals surface area contributed by atoms with E-state index in [9.17, 15) is 4.79 Å². The summed E-state index contributed by atoms with van der Waals surface area (Å²) in [7, 11) is 0. The normalized spacial score (nSPS) is 25.1. The number of nitrogens with one attached hydrogen (secondary N) is 1. The van der Waals surface area contributed by atoms with Crippen molar-refractivity contribution in [1.82, 2.24) is 15.1 Å². The molecule has 1 aromatic heterocycles. The van der Waals surface area contributed by atoms with Crippen LogP contribution in [-0.2, 0) is 4.79 Å². The molecule has 0 aromatic carbocycles. The van der Waals surface area contributed by atoms with Gasteiger partial charge in [-0.05, 0) is 43.2 Å². The molecule has 2 fully saturated rings. The van der Waals surface area contributed by atoms with Crippen molar-refractivity contribution >= 4 is 11.7 Å². The number of anilines is 1. The van der Waals surface area contributed by atoms with Crippen molar-refractivity contribution in [2.75, 3.05) is 18.4 Å². The molecule has 1 aliphatic heterocycles. The van der Waals surface area contributed by atoms with E-state index in [4.69, 9.17) is 0 Å². The summed E-state index contributed by atoms with van der Waals surface area (Å²) in [6.45, 7) is 6.22. The number of hydrogen-bond acceptors (Lipinski definition) is 4. The van der Waals surface area contributed by atoms with Gasteiger partial charge in [0.05, 0.1) is 0 Å². The number of nitrogens with zero attached hydrogens (tertiary/aromatic N) is 3. The number of likely N-dealkylation sites (tertiary alicyclic amines) is 1. The molecular weight excluding hydrogens is 288 g/mol. The van der Waals surface area contributed by atoms with E-state index < -0.39 is 0 Å². The van der Waals surface area contributed by atoms with Crippen molar-refractivity contribution in [3.63, 3.8) is 0 Å². The first-order valence-corrected chi connectivity index (χ1v) is 8.89. The van der Waals surface area contributed by atoms with Crippen LogP contribution >= 0.6 is 0 Å². The van der Waals surface area contributed by atoms with Crippen LogP contribution in [0.25, 0.3) is 0 Å². The molecular formula is C18H28N4O. The highest BCUT2D eigenvalue weighted by Crippen LogP contribution is 2.41. The van der Waals surface area contributed by atoms with E-state index in [0.29, 0.717) is 11.9 Å². The second-order valence-electron chi connectivity index (χ2n) is 7.64. The van der Waals surface area contributed by atoms with Crippen LogP contribution in [0.5, 0.6) is 0 Å². The third kappa shape index (κ3) is 3.82. The molecule has 1 atom stereocenters. The van der Waals surface area contributed by atoms with Crippen molar-refractivity contribution in [3.8, 4) is 0 Å². The number of carbonyl (C=O) groups is 1. The quantitative estimate of drug-likeness (QED) is 0.931. The van der Waals surface area contributed by atoms with Crippen LogP contribution in [0.2, 0.25) is 0 Å². The average Bonchev–Trinajstić information content (AvgIpc) is 2.55. The van der Waals surface area contributed by atoms with Crippen LogP contribution in [0.4, 0.5) is 5.82 Å². The molecule has 1 N–H and O–H groups in total. The number of rotatable bonds is 3. The Balaban J connectivity index is 1.53. The zero-order valence-electron chi connectivity index (χ0n) is 14.3. The number of amides is 1. The van der Waals surface area contributed by atoms with Gasteiger partial charge in [-0.25, -0.2) is 0 Å². The van der Waals surface area contributed by atoms with Crippen molar-refractivity contribution in [3.05, 3.63) is 18.3 Å². The van der Waals surface area contributed by atoms with Crippen molar-refractivity contribution in [2.24, 2.45) is 11.3 Å². The van der Waals surface area contributed by atoms with Crippen LogP contribution in [0.15, 0.2) is 18.3 Å². The lowest BCUT2D eigenvalue weighted by Crippen LogP contribution is -2.48. The van der Waals surface area contributed by atoms with Gasteiger partial charge in [0, 0.05) is 31.2 Å². The second-order valence-corrected chi connectivity index (χ2v) is 7.64. The summed E-state index contributed by atoms with van der Waals surface area (Å²) in [5.74, 6) is 1.42. The van der Waals surface area contributed by atoms with Crippen molar-refractivity contribution in [1.29, 1.82) is 0 Å². The molecule has 23 heavy (non-hydrogen) atoms. The smallest absolute Gasteiger partial charge is 0.226 e. The van der Waals surface area contributed by atoms with Gasteiger partial charge in [-0.15, -0.1) is 5.10 Å². The van der Waals surface area contributed by atoms with E-state index in [2.05, 4.69) is 34.3 Å². The Labute approximate surface area is 138 Å². The molecule has 1 saturated heterocycles. The topological polar surface area (TPSA) is 58.1 Å². The predicted octanol–water partition coefficient (Wildman–Crippen LogP) is 3.10. The minimum absolute atomic E-state index is 0.157. The fourth-order valence-corrected chi connectivity index (χ4v) is 4.00. The highest BCUT2D eigenvalue weighted by Gasteiger charge is 2.39. The summed E-state index contributed by atoms with van der Waals surface area (Å²) in [5.41, 5.74) is 0.157. The number of hydrogen-bond donors (Lipinski definition) is 1. The Morgan fingerprint density at radius 1 is 1.26 bits per heavy atom. The first kappa shape index (κ1) is 16.2. The van der Waals surface area contributed by atoms with Gasteiger partial charge in [-0.1, -0.05) is 26.7 Å². The van der Waals surface area contributed by atoms with Gasteiger partial charge < -0.3 is 10.2 Å². The highest BCUT2D eigenvalue weighted by molar-refractivity contribution is 5.79. The molecule has 5 nitrogen and oxygen atoms in total. The molecule has 3 rings (SSSR count). The first-order chi connectivity index (χ1) is 11.1. The summed E-state index contributed by atoms with van der Waals surface area (Å²) in [6.07, 6.45) is 8.34. The second kappa shape index (κ2) is 6.85. The van der Waals surface area contributed by atoms with Crippen LogP contribution in [0.1, 0.15) is 52.4 Å². The maximum Gasteiger partial charge on any atom is 0.226 e. The van der Waals surface area contributed by atoms with Crippen molar-refractivity contribution < 1.29 is 4.79 Å². The molecule has 2 heterocycles. The predicted molar refractivity (Wildman–Crippen MR) is 91.0 cm³/mol. The first-order valence-electron chi connectivity index (χ1n) is 8.89. The fourth-order valence-electron chi connectivity index (χ4n) is 4.00. The van der Waals surface area contributed by atoms with Crippen molar-refractivity contribution in [2.45, 2.75) is 58.4 Å². The van der Waals surface area contributed by atoms with E-state index in [0.717, 1.165) is 38.2 Å². The average molecular weight is 316 g/mol. The highest BCUT2D eigenvalue weighted by atomic mass is 16.2. The number of aromatic nitrogens is 2. The van der Waals surface area contributed by atoms with Gasteiger partial charge in [0.15, 0.2) is 0 Å². The molecule has 0 bridgehead atoms. The van der Waals surface area contributed by atoms with Gasteiger partial charge in [-0.2, -0.15) is 5.10 Å². The SMILES string of the molecule is CC1(C)CCCCC1C(=O)N1CCC(Nc2cccnn2)CC1. The summed E-state index contributed by atoms with van der Waals surface area (Å²) < 4.78 is 0. The Kier molecular flexibility index (Phi) is 4.83. The van der Waals surface area contributed by atoms with Gasteiger partial charge in [0.1, 0.15) is 5.82 Å². The molecule has 1 unspecified atom stereocenters. The molecule has 0 spiro atoms. The van der Waals surface area contributed by atoms with E-state index in [1.807, 2.05) is 12.1 Å². The Bertz CT molecular complexity index is 523. The third-order valence-electron chi connectivity index (χ3n) is 5.54.